The number of methoxy groups -OCH3 is 1. The fourth-order valence-corrected chi connectivity index (χ4v) is 3.20. The molecule has 2 rings (SSSR count). The zero-order valence-electron chi connectivity index (χ0n) is 17.6. The number of hydrogen-bond acceptors (Lipinski definition) is 4. The van der Waals surface area contributed by atoms with Crippen LogP contribution in [0.2, 0.25) is 0 Å². The number of rotatable bonds is 7. The first-order chi connectivity index (χ1) is 13.8. The third-order valence-corrected chi connectivity index (χ3v) is 4.73. The maximum atomic E-state index is 12.6. The lowest BCUT2D eigenvalue weighted by Crippen LogP contribution is -2.33. The molecular weight excluding hydrogens is 368 g/mol. The monoisotopic (exact) mass is 396 g/mol. The van der Waals surface area contributed by atoms with Gasteiger partial charge in [0.25, 0.3) is 0 Å². The second-order valence-electron chi connectivity index (χ2n) is 7.17. The van der Waals surface area contributed by atoms with Crippen molar-refractivity contribution in [2.75, 3.05) is 23.9 Å². The minimum Gasteiger partial charge on any atom is -0.465 e. The first-order valence-electron chi connectivity index (χ1n) is 9.61. The number of aryl methyl sites for hydroxylation is 1. The zero-order chi connectivity index (χ0) is 21.6. The lowest BCUT2D eigenvalue weighted by atomic mass is 9.98. The Morgan fingerprint density at radius 2 is 1.76 bits per heavy atom. The van der Waals surface area contributed by atoms with Gasteiger partial charge >= 0.3 is 5.97 Å². The highest BCUT2D eigenvalue weighted by Crippen LogP contribution is 2.28. The number of para-hydroxylation sites is 2. The van der Waals surface area contributed by atoms with E-state index >= 15 is 0 Å². The van der Waals surface area contributed by atoms with Gasteiger partial charge in [-0.05, 0) is 36.1 Å². The van der Waals surface area contributed by atoms with Gasteiger partial charge in [-0.3, -0.25) is 9.59 Å². The number of anilines is 2. The molecular formula is C23H28N2O4. The average Bonchev–Trinajstić information content (AvgIpc) is 2.69. The van der Waals surface area contributed by atoms with Crippen LogP contribution in [0.1, 0.15) is 54.6 Å². The number of amides is 2. The molecule has 2 aromatic rings. The smallest absolute Gasteiger partial charge is 0.339 e. The summed E-state index contributed by atoms with van der Waals surface area (Å²) < 4.78 is 4.80. The standard InChI is InChI=1S/C23H28N2O4/c1-15(2)18-11-8-9-16(3)22(18)24-21(27)13-14-25(17(4)26)20-12-7-6-10-19(20)23(28)29-5/h6-12,15H,13-14H2,1-5H3,(H,24,27). The van der Waals surface area contributed by atoms with E-state index < -0.39 is 5.97 Å². The van der Waals surface area contributed by atoms with Crippen molar-refractivity contribution in [2.24, 2.45) is 0 Å². The predicted molar refractivity (Wildman–Crippen MR) is 114 cm³/mol. The van der Waals surface area contributed by atoms with Crippen molar-refractivity contribution in [1.82, 2.24) is 0 Å². The van der Waals surface area contributed by atoms with Crippen molar-refractivity contribution in [2.45, 2.75) is 40.0 Å². The van der Waals surface area contributed by atoms with E-state index in [4.69, 9.17) is 4.74 Å². The van der Waals surface area contributed by atoms with Crippen molar-refractivity contribution in [1.29, 1.82) is 0 Å². The minimum atomic E-state index is -0.530. The van der Waals surface area contributed by atoms with E-state index in [0.717, 1.165) is 16.8 Å². The van der Waals surface area contributed by atoms with Gasteiger partial charge in [-0.15, -0.1) is 0 Å². The molecule has 0 aromatic heterocycles. The van der Waals surface area contributed by atoms with Gasteiger partial charge in [0, 0.05) is 25.6 Å². The summed E-state index contributed by atoms with van der Waals surface area (Å²) in [6.07, 6.45) is 0.0982. The van der Waals surface area contributed by atoms with Gasteiger partial charge in [0.1, 0.15) is 0 Å². The Bertz CT molecular complexity index is 906. The summed E-state index contributed by atoms with van der Waals surface area (Å²) in [7, 11) is 1.29. The molecule has 0 atom stereocenters. The van der Waals surface area contributed by atoms with Crippen LogP contribution in [0.5, 0.6) is 0 Å². The summed E-state index contributed by atoms with van der Waals surface area (Å²) in [4.78, 5) is 38.3. The van der Waals surface area contributed by atoms with Gasteiger partial charge in [0.15, 0.2) is 0 Å². The molecule has 2 aromatic carbocycles. The average molecular weight is 396 g/mol. The summed E-state index contributed by atoms with van der Waals surface area (Å²) >= 11 is 0. The Kier molecular flexibility index (Phi) is 7.53. The molecule has 0 saturated heterocycles. The Balaban J connectivity index is 2.18. The van der Waals surface area contributed by atoms with E-state index in [1.807, 2.05) is 25.1 Å². The van der Waals surface area contributed by atoms with Crippen LogP contribution in [0.15, 0.2) is 42.5 Å². The first-order valence-corrected chi connectivity index (χ1v) is 9.61. The molecule has 2 amide bonds. The van der Waals surface area contributed by atoms with Crippen LogP contribution in [0.4, 0.5) is 11.4 Å². The molecule has 154 valence electrons. The third kappa shape index (κ3) is 5.44. The summed E-state index contributed by atoms with van der Waals surface area (Å²) in [6, 6.07) is 12.6. The Labute approximate surface area is 171 Å². The fraction of sp³-hybridized carbons (Fsp3) is 0.348. The third-order valence-electron chi connectivity index (χ3n) is 4.73. The van der Waals surface area contributed by atoms with Crippen LogP contribution >= 0.6 is 0 Å². The number of esters is 1. The summed E-state index contributed by atoms with van der Waals surface area (Å²) in [5.74, 6) is -0.709. The zero-order valence-corrected chi connectivity index (χ0v) is 17.6. The molecule has 0 fully saturated rings. The second kappa shape index (κ2) is 9.87. The molecule has 6 nitrogen and oxygen atoms in total. The molecule has 0 spiro atoms. The number of carbonyl (C=O) groups is 3. The van der Waals surface area contributed by atoms with Crippen LogP contribution in [-0.4, -0.2) is 31.4 Å². The maximum Gasteiger partial charge on any atom is 0.339 e. The van der Waals surface area contributed by atoms with Gasteiger partial charge in [-0.2, -0.15) is 0 Å². The SMILES string of the molecule is COC(=O)c1ccccc1N(CCC(=O)Nc1c(C)cccc1C(C)C)C(C)=O. The van der Waals surface area contributed by atoms with E-state index in [1.54, 1.807) is 24.3 Å². The Morgan fingerprint density at radius 3 is 2.38 bits per heavy atom. The van der Waals surface area contributed by atoms with Crippen molar-refractivity contribution < 1.29 is 19.1 Å². The highest BCUT2D eigenvalue weighted by atomic mass is 16.5. The molecule has 0 aliphatic rings. The lowest BCUT2D eigenvalue weighted by Gasteiger charge is -2.23. The number of benzene rings is 2. The fourth-order valence-electron chi connectivity index (χ4n) is 3.20. The van der Waals surface area contributed by atoms with Crippen LogP contribution in [-0.2, 0) is 14.3 Å². The molecule has 0 unspecified atom stereocenters. The minimum absolute atomic E-state index is 0.0982. The normalized spacial score (nSPS) is 10.6. The second-order valence-corrected chi connectivity index (χ2v) is 7.17. The van der Waals surface area contributed by atoms with Gasteiger partial charge in [0.05, 0.1) is 18.4 Å². The van der Waals surface area contributed by atoms with Gasteiger partial charge in [-0.1, -0.05) is 44.2 Å². The van der Waals surface area contributed by atoms with Gasteiger partial charge in [-0.25, -0.2) is 4.79 Å². The number of nitrogens with one attached hydrogen (secondary N) is 1. The van der Waals surface area contributed by atoms with E-state index in [2.05, 4.69) is 19.2 Å². The van der Waals surface area contributed by atoms with E-state index in [1.165, 1.54) is 18.9 Å². The molecule has 0 radical (unpaired) electrons. The quantitative estimate of drug-likeness (QED) is 0.709. The molecule has 0 aliphatic carbocycles. The Hall–Kier alpha value is -3.15. The summed E-state index contributed by atoms with van der Waals surface area (Å²) in [5, 5.41) is 2.99. The van der Waals surface area contributed by atoms with Crippen LogP contribution < -0.4 is 10.2 Å². The largest absolute Gasteiger partial charge is 0.465 e. The van der Waals surface area contributed by atoms with Crippen LogP contribution in [0, 0.1) is 6.92 Å². The van der Waals surface area contributed by atoms with Crippen molar-refractivity contribution >= 4 is 29.2 Å². The molecule has 1 N–H and O–H groups in total. The van der Waals surface area contributed by atoms with Crippen molar-refractivity contribution in [3.8, 4) is 0 Å². The number of hydrogen-bond donors (Lipinski definition) is 1. The van der Waals surface area contributed by atoms with Crippen molar-refractivity contribution in [3.05, 3.63) is 59.2 Å². The molecule has 0 aliphatic heterocycles. The number of nitrogens with zero attached hydrogens (tertiary/aromatic N) is 1. The topological polar surface area (TPSA) is 75.7 Å². The van der Waals surface area contributed by atoms with Gasteiger partial charge in [0.2, 0.25) is 11.8 Å². The molecule has 29 heavy (non-hydrogen) atoms. The van der Waals surface area contributed by atoms with Gasteiger partial charge < -0.3 is 15.0 Å². The number of ether oxygens (including phenoxy) is 1. The van der Waals surface area contributed by atoms with Crippen molar-refractivity contribution in [3.63, 3.8) is 0 Å². The van der Waals surface area contributed by atoms with E-state index in [9.17, 15) is 14.4 Å². The van der Waals surface area contributed by atoms with E-state index in [-0.39, 0.29) is 36.3 Å². The van der Waals surface area contributed by atoms with Crippen LogP contribution in [0.3, 0.4) is 0 Å². The predicted octanol–water partition coefficient (Wildman–Crippen LogP) is 4.29. The summed E-state index contributed by atoms with van der Waals surface area (Å²) in [6.45, 7) is 7.66. The lowest BCUT2D eigenvalue weighted by molar-refractivity contribution is -0.117. The summed E-state index contributed by atoms with van der Waals surface area (Å²) in [5.41, 5.74) is 3.59. The molecule has 0 bridgehead atoms. The molecule has 6 heteroatoms. The molecule has 0 heterocycles. The number of carbonyl (C=O) groups excluding carboxylic acids is 3. The highest BCUT2D eigenvalue weighted by Gasteiger charge is 2.21. The maximum absolute atomic E-state index is 12.6. The Morgan fingerprint density at radius 1 is 1.07 bits per heavy atom. The molecule has 0 saturated carbocycles. The van der Waals surface area contributed by atoms with E-state index in [0.29, 0.717) is 5.69 Å². The first kappa shape index (κ1) is 22.1. The van der Waals surface area contributed by atoms with Crippen LogP contribution in [0.25, 0.3) is 0 Å². The highest BCUT2D eigenvalue weighted by molar-refractivity contribution is 6.02.